The summed E-state index contributed by atoms with van der Waals surface area (Å²) in [5.41, 5.74) is 0.618. The molecule has 1 fully saturated rings. The van der Waals surface area contributed by atoms with Crippen LogP contribution in [0.3, 0.4) is 0 Å². The zero-order valence-electron chi connectivity index (χ0n) is 14.7. The van der Waals surface area contributed by atoms with E-state index < -0.39 is 10.0 Å². The fraction of sp³-hybridized carbons (Fsp3) is 0.625. The Kier molecular flexibility index (Phi) is 5.55. The second kappa shape index (κ2) is 7.67. The lowest BCUT2D eigenvalue weighted by molar-refractivity contribution is 0.0699. The van der Waals surface area contributed by atoms with Crippen LogP contribution < -0.4 is 5.32 Å². The number of hydrogen-bond acceptors (Lipinski definition) is 6. The Morgan fingerprint density at radius 2 is 1.96 bits per heavy atom. The van der Waals surface area contributed by atoms with Gasteiger partial charge in [-0.3, -0.25) is 4.40 Å². The highest BCUT2D eigenvalue weighted by Crippen LogP contribution is 2.19. The van der Waals surface area contributed by atoms with Gasteiger partial charge in [-0.25, -0.2) is 8.42 Å². The van der Waals surface area contributed by atoms with Crippen molar-refractivity contribution in [3.05, 3.63) is 18.3 Å². The van der Waals surface area contributed by atoms with E-state index >= 15 is 0 Å². The van der Waals surface area contributed by atoms with E-state index in [2.05, 4.69) is 15.5 Å². The van der Waals surface area contributed by atoms with Crippen LogP contribution in [0.15, 0.2) is 23.2 Å². The summed E-state index contributed by atoms with van der Waals surface area (Å²) in [6, 6.07) is 3.27. The molecule has 8 nitrogen and oxygen atoms in total. The van der Waals surface area contributed by atoms with Crippen molar-refractivity contribution in [3.8, 4) is 0 Å². The minimum Gasteiger partial charge on any atom is -0.381 e. The molecule has 1 N–H and O–H groups in total. The normalized spacial score (nSPS) is 16.6. The van der Waals surface area contributed by atoms with Crippen LogP contribution in [0.1, 0.15) is 26.7 Å². The first-order chi connectivity index (χ1) is 12.1. The minimum atomic E-state index is -3.51. The Balaban J connectivity index is 1.84. The van der Waals surface area contributed by atoms with Crippen molar-refractivity contribution in [1.82, 2.24) is 18.9 Å². The topological polar surface area (TPSA) is 88.8 Å². The molecule has 0 aromatic carbocycles. The van der Waals surface area contributed by atoms with Crippen molar-refractivity contribution in [3.63, 3.8) is 0 Å². The van der Waals surface area contributed by atoms with E-state index in [1.807, 2.05) is 13.8 Å². The van der Waals surface area contributed by atoms with Gasteiger partial charge in [-0.1, -0.05) is 13.8 Å². The fourth-order valence-corrected chi connectivity index (χ4v) is 4.50. The highest BCUT2D eigenvalue weighted by Gasteiger charge is 2.23. The van der Waals surface area contributed by atoms with E-state index in [1.54, 1.807) is 22.7 Å². The molecular formula is C16H25N5O3S. The second-order valence-corrected chi connectivity index (χ2v) is 8.08. The van der Waals surface area contributed by atoms with Gasteiger partial charge in [0, 0.05) is 39.0 Å². The molecule has 0 unspecified atom stereocenters. The van der Waals surface area contributed by atoms with E-state index in [9.17, 15) is 8.42 Å². The summed E-state index contributed by atoms with van der Waals surface area (Å²) in [7, 11) is -3.51. The fourth-order valence-electron chi connectivity index (χ4n) is 3.04. The van der Waals surface area contributed by atoms with Gasteiger partial charge < -0.3 is 10.1 Å². The van der Waals surface area contributed by atoms with Crippen LogP contribution in [0.5, 0.6) is 0 Å². The Hall–Kier alpha value is -1.71. The van der Waals surface area contributed by atoms with E-state index in [4.69, 9.17) is 4.74 Å². The van der Waals surface area contributed by atoms with Gasteiger partial charge in [0.2, 0.25) is 16.0 Å². The number of nitrogens with one attached hydrogen (secondary N) is 1. The average Bonchev–Trinajstić information content (AvgIpc) is 3.04. The van der Waals surface area contributed by atoms with E-state index in [0.29, 0.717) is 30.6 Å². The molecule has 25 heavy (non-hydrogen) atoms. The number of anilines is 1. The second-order valence-electron chi connectivity index (χ2n) is 6.14. The number of hydrogen-bond donors (Lipinski definition) is 1. The maximum absolute atomic E-state index is 12.7. The van der Waals surface area contributed by atoms with E-state index in [0.717, 1.165) is 32.6 Å². The quantitative estimate of drug-likeness (QED) is 0.800. The largest absolute Gasteiger partial charge is 0.381 e. The molecule has 1 aliphatic heterocycles. The lowest BCUT2D eigenvalue weighted by atomic mass is 10.0. The Morgan fingerprint density at radius 3 is 2.64 bits per heavy atom. The van der Waals surface area contributed by atoms with Crippen LogP contribution in [-0.4, -0.2) is 60.2 Å². The number of ether oxygens (including phenoxy) is 1. The van der Waals surface area contributed by atoms with Crippen LogP contribution in [0.2, 0.25) is 0 Å². The Bertz CT molecular complexity index is 810. The highest BCUT2D eigenvalue weighted by molar-refractivity contribution is 7.89. The summed E-state index contributed by atoms with van der Waals surface area (Å²) < 4.78 is 33.9. The molecule has 0 radical (unpaired) electrons. The molecule has 3 heterocycles. The molecule has 3 rings (SSSR count). The van der Waals surface area contributed by atoms with Crippen LogP contribution in [-0.2, 0) is 14.8 Å². The minimum absolute atomic E-state index is 0.248. The van der Waals surface area contributed by atoms with Gasteiger partial charge in [-0.15, -0.1) is 10.2 Å². The molecule has 138 valence electrons. The third kappa shape index (κ3) is 3.78. The Morgan fingerprint density at radius 1 is 1.24 bits per heavy atom. The van der Waals surface area contributed by atoms with Crippen molar-refractivity contribution >= 4 is 21.6 Å². The lowest BCUT2D eigenvalue weighted by Gasteiger charge is -2.22. The van der Waals surface area contributed by atoms with Gasteiger partial charge in [0.25, 0.3) is 0 Å². The van der Waals surface area contributed by atoms with Gasteiger partial charge in [0.05, 0.1) is 4.90 Å². The zero-order chi connectivity index (χ0) is 17.9. The number of rotatable bonds is 7. The highest BCUT2D eigenvalue weighted by atomic mass is 32.2. The van der Waals surface area contributed by atoms with E-state index in [-0.39, 0.29) is 4.90 Å². The van der Waals surface area contributed by atoms with Crippen LogP contribution in [0, 0.1) is 5.92 Å². The third-order valence-corrected chi connectivity index (χ3v) is 6.64. The van der Waals surface area contributed by atoms with Crippen molar-refractivity contribution in [2.24, 2.45) is 5.92 Å². The van der Waals surface area contributed by atoms with Crippen molar-refractivity contribution < 1.29 is 13.2 Å². The Labute approximate surface area is 148 Å². The summed E-state index contributed by atoms with van der Waals surface area (Å²) in [5, 5.41) is 11.6. The molecule has 2 aromatic heterocycles. The number of nitrogens with zero attached hydrogens (tertiary/aromatic N) is 4. The summed E-state index contributed by atoms with van der Waals surface area (Å²) in [5.74, 6) is 1.10. The third-order valence-electron chi connectivity index (χ3n) is 4.61. The van der Waals surface area contributed by atoms with Gasteiger partial charge in [0.15, 0.2) is 5.65 Å². The molecule has 0 aliphatic carbocycles. The first kappa shape index (κ1) is 18.1. The van der Waals surface area contributed by atoms with E-state index in [1.165, 1.54) is 4.31 Å². The lowest BCUT2D eigenvalue weighted by Crippen LogP contribution is -2.30. The molecule has 0 saturated carbocycles. The standard InChI is InChI=1S/C16H25N5O3S/c1-3-20(4-2)25(22,23)14-5-6-15-18-19-16(21(15)12-14)17-11-13-7-9-24-10-8-13/h5-6,12-13H,3-4,7-11H2,1-2H3,(H,17,19). The number of aromatic nitrogens is 3. The molecule has 0 atom stereocenters. The number of sulfonamides is 1. The number of fused-ring (bicyclic) bond motifs is 1. The molecular weight excluding hydrogens is 342 g/mol. The van der Waals surface area contributed by atoms with Crippen LogP contribution >= 0.6 is 0 Å². The van der Waals surface area contributed by atoms with Crippen molar-refractivity contribution in [1.29, 1.82) is 0 Å². The smallest absolute Gasteiger partial charge is 0.244 e. The molecule has 1 aliphatic rings. The predicted octanol–water partition coefficient (Wildman–Crippen LogP) is 1.60. The molecule has 0 amide bonds. The average molecular weight is 367 g/mol. The first-order valence-electron chi connectivity index (χ1n) is 8.72. The van der Waals surface area contributed by atoms with Crippen molar-refractivity contribution in [2.75, 3.05) is 38.2 Å². The maximum Gasteiger partial charge on any atom is 0.244 e. The number of pyridine rings is 1. The predicted molar refractivity (Wildman–Crippen MR) is 95.1 cm³/mol. The van der Waals surface area contributed by atoms with Gasteiger partial charge >= 0.3 is 0 Å². The summed E-state index contributed by atoms with van der Waals surface area (Å²) in [4.78, 5) is 0.248. The first-order valence-corrected chi connectivity index (χ1v) is 10.2. The summed E-state index contributed by atoms with van der Waals surface area (Å²) in [6.45, 7) is 6.90. The van der Waals surface area contributed by atoms with Gasteiger partial charge in [0.1, 0.15) is 0 Å². The SMILES string of the molecule is CCN(CC)S(=O)(=O)c1ccc2nnc(NCC3CCOCC3)n2c1. The molecule has 1 saturated heterocycles. The van der Waals surface area contributed by atoms with Gasteiger partial charge in [-0.05, 0) is 30.9 Å². The van der Waals surface area contributed by atoms with Crippen LogP contribution in [0.25, 0.3) is 5.65 Å². The monoisotopic (exact) mass is 367 g/mol. The van der Waals surface area contributed by atoms with Crippen LogP contribution in [0.4, 0.5) is 5.95 Å². The zero-order valence-corrected chi connectivity index (χ0v) is 15.5. The summed E-state index contributed by atoms with van der Waals surface area (Å²) >= 11 is 0. The molecule has 9 heteroatoms. The van der Waals surface area contributed by atoms with Gasteiger partial charge in [-0.2, -0.15) is 4.31 Å². The molecule has 0 spiro atoms. The molecule has 2 aromatic rings. The molecule has 0 bridgehead atoms. The summed E-state index contributed by atoms with van der Waals surface area (Å²) in [6.07, 6.45) is 3.63. The maximum atomic E-state index is 12.7. The van der Waals surface area contributed by atoms with Crippen molar-refractivity contribution in [2.45, 2.75) is 31.6 Å².